The number of para-hydroxylation sites is 1. The molecule has 216 valence electrons. The van der Waals surface area contributed by atoms with Crippen molar-refractivity contribution in [1.29, 1.82) is 0 Å². The molecule has 0 unspecified atom stereocenters. The molecule has 2 amide bonds. The van der Waals surface area contributed by atoms with E-state index >= 15 is 0 Å². The normalized spacial score (nSPS) is 19.2. The van der Waals surface area contributed by atoms with Crippen LogP contribution in [0.15, 0.2) is 24.3 Å². The molecule has 1 aliphatic heterocycles. The number of anilines is 1. The lowest BCUT2D eigenvalue weighted by Gasteiger charge is -2.43. The van der Waals surface area contributed by atoms with Gasteiger partial charge in [0.25, 0.3) is 0 Å². The van der Waals surface area contributed by atoms with Crippen LogP contribution in [-0.2, 0) is 25.1 Å². The Hall–Kier alpha value is -2.10. The van der Waals surface area contributed by atoms with Crippen LogP contribution in [0.25, 0.3) is 0 Å². The molecule has 0 saturated carbocycles. The van der Waals surface area contributed by atoms with Gasteiger partial charge in [-0.15, -0.1) is 0 Å². The molecule has 0 aliphatic carbocycles. The van der Waals surface area contributed by atoms with Crippen molar-refractivity contribution in [3.05, 3.63) is 29.8 Å². The van der Waals surface area contributed by atoms with Crippen LogP contribution in [-0.4, -0.2) is 68.5 Å². The maximum Gasteiger partial charge on any atom is 0.412 e. The van der Waals surface area contributed by atoms with Crippen LogP contribution in [0, 0.1) is 0 Å². The van der Waals surface area contributed by atoms with Crippen LogP contribution in [0.5, 0.6) is 0 Å². The maximum absolute atomic E-state index is 13.2. The molecule has 0 spiro atoms. The zero-order valence-corrected chi connectivity index (χ0v) is 26.4. The third-order valence-electron chi connectivity index (χ3n) is 6.82. The second-order valence-electron chi connectivity index (χ2n) is 13.6. The topological polar surface area (TPSA) is 86.3 Å². The number of carbonyl (C=O) groups excluding carboxylic acids is 2. The van der Waals surface area contributed by atoms with Gasteiger partial charge in [0.15, 0.2) is 8.32 Å². The van der Waals surface area contributed by atoms with Gasteiger partial charge >= 0.3 is 12.2 Å². The largest absolute Gasteiger partial charge is 0.444 e. The molecule has 1 heterocycles. The van der Waals surface area contributed by atoms with Crippen molar-refractivity contribution in [3.8, 4) is 0 Å². The fourth-order valence-corrected chi connectivity index (χ4v) is 4.77. The van der Waals surface area contributed by atoms with Crippen LogP contribution in [0.4, 0.5) is 15.3 Å². The molecular weight excluding hydrogens is 500 g/mol. The molecule has 0 radical (unpaired) electrons. The van der Waals surface area contributed by atoms with E-state index in [4.69, 9.17) is 18.6 Å². The lowest BCUT2D eigenvalue weighted by Crippen LogP contribution is -2.56. The van der Waals surface area contributed by atoms with E-state index in [0.29, 0.717) is 38.3 Å². The number of benzene rings is 1. The highest BCUT2D eigenvalue weighted by Crippen LogP contribution is 2.37. The van der Waals surface area contributed by atoms with E-state index in [2.05, 4.69) is 39.2 Å². The standard InChI is InChI=1S/C29H50N2O6Si/c1-27(2,3)36-25(32)30-24-15-13-12-14-21(24)16-17-23-18-31(26(33)37-28(4,5)6)22(19-34-23)20-35-38(10,11)29(7,8)9/h12-15,22-23H,16-20H2,1-11H3,(H,30,32)/t22-,23+/m0/s1. The average Bonchev–Trinajstić information content (AvgIpc) is 2.74. The summed E-state index contributed by atoms with van der Waals surface area (Å²) >= 11 is 0. The third-order valence-corrected chi connectivity index (χ3v) is 11.3. The summed E-state index contributed by atoms with van der Waals surface area (Å²) in [5.74, 6) is 0. The number of amides is 2. The van der Waals surface area contributed by atoms with Gasteiger partial charge in [-0.3, -0.25) is 10.2 Å². The Kier molecular flexibility index (Phi) is 10.5. The summed E-state index contributed by atoms with van der Waals surface area (Å²) in [5.41, 5.74) is 0.517. The molecule has 0 aromatic heterocycles. The first-order chi connectivity index (χ1) is 17.3. The number of carbonyl (C=O) groups is 2. The second-order valence-corrected chi connectivity index (χ2v) is 18.4. The zero-order chi connectivity index (χ0) is 28.9. The van der Waals surface area contributed by atoms with Crippen molar-refractivity contribution in [2.45, 2.75) is 117 Å². The Morgan fingerprint density at radius 1 is 1.00 bits per heavy atom. The number of hydrogen-bond donors (Lipinski definition) is 1. The summed E-state index contributed by atoms with van der Waals surface area (Å²) in [6, 6.07) is 7.46. The molecule has 38 heavy (non-hydrogen) atoms. The third kappa shape index (κ3) is 10.2. The first-order valence-corrected chi connectivity index (χ1v) is 16.5. The van der Waals surface area contributed by atoms with Crippen LogP contribution in [0.3, 0.4) is 0 Å². The molecule has 9 heteroatoms. The molecule has 1 aliphatic rings. The average molecular weight is 551 g/mol. The van der Waals surface area contributed by atoms with Gasteiger partial charge in [0.05, 0.1) is 31.9 Å². The van der Waals surface area contributed by atoms with Gasteiger partial charge in [-0.25, -0.2) is 9.59 Å². The Balaban J connectivity index is 2.09. The molecule has 1 aromatic rings. The molecule has 0 bridgehead atoms. The predicted molar refractivity (Wildman–Crippen MR) is 154 cm³/mol. The highest BCUT2D eigenvalue weighted by Gasteiger charge is 2.40. The summed E-state index contributed by atoms with van der Waals surface area (Å²) in [7, 11) is -1.99. The number of ether oxygens (including phenoxy) is 3. The van der Waals surface area contributed by atoms with E-state index < -0.39 is 25.6 Å². The van der Waals surface area contributed by atoms with Crippen molar-refractivity contribution in [3.63, 3.8) is 0 Å². The van der Waals surface area contributed by atoms with Gasteiger partial charge in [-0.1, -0.05) is 39.0 Å². The summed E-state index contributed by atoms with van der Waals surface area (Å²) in [6.45, 7) is 23.4. The lowest BCUT2D eigenvalue weighted by molar-refractivity contribution is -0.0808. The van der Waals surface area contributed by atoms with Gasteiger partial charge in [0.2, 0.25) is 0 Å². The molecule has 1 saturated heterocycles. The van der Waals surface area contributed by atoms with E-state index in [1.54, 1.807) is 4.90 Å². The molecule has 1 aromatic carbocycles. The molecule has 1 fully saturated rings. The molecule has 8 nitrogen and oxygen atoms in total. The number of aryl methyl sites for hydroxylation is 1. The van der Waals surface area contributed by atoms with Crippen molar-refractivity contribution in [2.24, 2.45) is 0 Å². The van der Waals surface area contributed by atoms with Crippen LogP contribution >= 0.6 is 0 Å². The highest BCUT2D eigenvalue weighted by molar-refractivity contribution is 6.74. The van der Waals surface area contributed by atoms with E-state index in [0.717, 1.165) is 5.56 Å². The Morgan fingerprint density at radius 2 is 1.61 bits per heavy atom. The SMILES string of the molecule is CC(C)(C)OC(=O)Nc1ccccc1CC[C@@H]1CN(C(=O)OC(C)(C)C)[C@H](CO[Si](C)(C)C(C)(C)C)CO1. The minimum absolute atomic E-state index is 0.0720. The monoisotopic (exact) mass is 550 g/mol. The fraction of sp³-hybridized carbons (Fsp3) is 0.724. The van der Waals surface area contributed by atoms with E-state index in [-0.39, 0.29) is 23.3 Å². The van der Waals surface area contributed by atoms with Crippen molar-refractivity contribution >= 4 is 26.2 Å². The van der Waals surface area contributed by atoms with Crippen molar-refractivity contribution in [1.82, 2.24) is 4.90 Å². The molecule has 1 N–H and O–H groups in total. The Bertz CT molecular complexity index is 946. The number of nitrogens with one attached hydrogen (secondary N) is 1. The quantitative estimate of drug-likeness (QED) is 0.368. The first-order valence-electron chi connectivity index (χ1n) is 13.6. The van der Waals surface area contributed by atoms with Crippen LogP contribution in [0.2, 0.25) is 18.1 Å². The molecule has 2 rings (SSSR count). The van der Waals surface area contributed by atoms with Gasteiger partial charge in [0.1, 0.15) is 11.2 Å². The van der Waals surface area contributed by atoms with E-state index in [9.17, 15) is 9.59 Å². The lowest BCUT2D eigenvalue weighted by atomic mass is 10.0. The number of hydrogen-bond acceptors (Lipinski definition) is 6. The smallest absolute Gasteiger partial charge is 0.412 e. The Morgan fingerprint density at radius 3 is 2.18 bits per heavy atom. The minimum atomic E-state index is -1.99. The summed E-state index contributed by atoms with van der Waals surface area (Å²) in [5, 5.41) is 2.93. The van der Waals surface area contributed by atoms with Crippen molar-refractivity contribution < 1.29 is 28.2 Å². The number of rotatable bonds is 7. The van der Waals surface area contributed by atoms with Gasteiger partial charge in [-0.05, 0) is 84.1 Å². The van der Waals surface area contributed by atoms with Crippen LogP contribution in [0.1, 0.15) is 74.3 Å². The van der Waals surface area contributed by atoms with Gasteiger partial charge in [0, 0.05) is 5.69 Å². The summed E-state index contributed by atoms with van der Waals surface area (Å²) in [6.07, 6.45) is 0.355. The fourth-order valence-electron chi connectivity index (χ4n) is 3.73. The highest BCUT2D eigenvalue weighted by atomic mass is 28.4. The number of morpholine rings is 1. The molecule has 2 atom stereocenters. The van der Waals surface area contributed by atoms with Crippen LogP contribution < -0.4 is 5.32 Å². The summed E-state index contributed by atoms with van der Waals surface area (Å²) < 4.78 is 23.8. The van der Waals surface area contributed by atoms with Crippen molar-refractivity contribution in [2.75, 3.05) is 25.1 Å². The van der Waals surface area contributed by atoms with E-state index in [1.807, 2.05) is 65.8 Å². The predicted octanol–water partition coefficient (Wildman–Crippen LogP) is 6.99. The Labute approximate surface area is 230 Å². The first kappa shape index (κ1) is 32.1. The number of nitrogens with zero attached hydrogens (tertiary/aromatic N) is 1. The molecular formula is C29H50N2O6Si. The second kappa shape index (κ2) is 12.4. The maximum atomic E-state index is 13.2. The van der Waals surface area contributed by atoms with Gasteiger partial charge < -0.3 is 18.6 Å². The summed E-state index contributed by atoms with van der Waals surface area (Å²) in [4.78, 5) is 27.3. The minimum Gasteiger partial charge on any atom is -0.444 e. The van der Waals surface area contributed by atoms with Gasteiger partial charge in [-0.2, -0.15) is 0 Å². The zero-order valence-electron chi connectivity index (χ0n) is 25.4. The van der Waals surface area contributed by atoms with E-state index in [1.165, 1.54) is 0 Å².